The number of nitrogens with one attached hydrogen (secondary N) is 1. The van der Waals surface area contributed by atoms with Gasteiger partial charge in [0.05, 0.1) is 6.54 Å². The lowest BCUT2D eigenvalue weighted by molar-refractivity contribution is -0.120. The van der Waals surface area contributed by atoms with E-state index in [1.165, 1.54) is 5.56 Å². The van der Waals surface area contributed by atoms with E-state index in [1.54, 1.807) is 0 Å². The van der Waals surface area contributed by atoms with Crippen LogP contribution in [0.5, 0.6) is 5.75 Å². The highest BCUT2D eigenvalue weighted by molar-refractivity contribution is 5.75. The van der Waals surface area contributed by atoms with Crippen molar-refractivity contribution in [2.75, 3.05) is 13.2 Å². The average molecular weight is 221 g/mol. The second-order valence-corrected chi connectivity index (χ2v) is 3.55. The molecule has 0 unspecified atom stereocenters. The summed E-state index contributed by atoms with van der Waals surface area (Å²) in [5, 5.41) is 2.77. The van der Waals surface area contributed by atoms with Crippen molar-refractivity contribution < 1.29 is 9.53 Å². The van der Waals surface area contributed by atoms with Crippen molar-refractivity contribution >= 4 is 5.91 Å². The van der Waals surface area contributed by atoms with E-state index in [-0.39, 0.29) is 5.91 Å². The van der Waals surface area contributed by atoms with Crippen LogP contribution in [0.25, 0.3) is 0 Å². The summed E-state index contributed by atoms with van der Waals surface area (Å²) in [5.74, 6) is 0.927. The zero-order valence-corrected chi connectivity index (χ0v) is 9.95. The molecule has 1 amide bonds. The Labute approximate surface area is 96.8 Å². The molecule has 0 aliphatic rings. The van der Waals surface area contributed by atoms with E-state index >= 15 is 0 Å². The van der Waals surface area contributed by atoms with E-state index in [4.69, 9.17) is 4.74 Å². The number of amides is 1. The zero-order chi connectivity index (χ0) is 11.8. The summed E-state index contributed by atoms with van der Waals surface area (Å²) in [6.45, 7) is 5.02. The third-order valence-electron chi connectivity index (χ3n) is 2.32. The molecule has 1 aromatic rings. The van der Waals surface area contributed by atoms with Gasteiger partial charge in [0.15, 0.2) is 0 Å². The van der Waals surface area contributed by atoms with Crippen LogP contribution in [0.4, 0.5) is 0 Å². The maximum atomic E-state index is 11.0. The molecule has 0 fully saturated rings. The lowest BCUT2D eigenvalue weighted by Gasteiger charge is -2.08. The van der Waals surface area contributed by atoms with Crippen molar-refractivity contribution in [1.82, 2.24) is 5.32 Å². The quantitative estimate of drug-likeness (QED) is 0.747. The standard InChI is InChI=1S/C13H19NO2/c1-3-11-6-5-7-12(10-11)16-9-8-14-13(15)4-2/h5-7,10H,3-4,8-9H2,1-2H3,(H,14,15). The largest absolute Gasteiger partial charge is 0.492 e. The Morgan fingerprint density at radius 3 is 2.88 bits per heavy atom. The van der Waals surface area contributed by atoms with E-state index in [9.17, 15) is 4.79 Å². The van der Waals surface area contributed by atoms with Gasteiger partial charge < -0.3 is 10.1 Å². The molecule has 0 aliphatic carbocycles. The topological polar surface area (TPSA) is 38.3 Å². The highest BCUT2D eigenvalue weighted by Crippen LogP contribution is 2.13. The molecule has 1 rings (SSSR count). The molecule has 1 N–H and O–H groups in total. The van der Waals surface area contributed by atoms with E-state index in [0.717, 1.165) is 12.2 Å². The summed E-state index contributed by atoms with van der Waals surface area (Å²) in [6.07, 6.45) is 1.52. The second-order valence-electron chi connectivity index (χ2n) is 3.55. The third kappa shape index (κ3) is 4.34. The van der Waals surface area contributed by atoms with Crippen molar-refractivity contribution in [1.29, 1.82) is 0 Å². The van der Waals surface area contributed by atoms with Crippen LogP contribution in [0.1, 0.15) is 25.8 Å². The van der Waals surface area contributed by atoms with Gasteiger partial charge in [-0.15, -0.1) is 0 Å². The van der Waals surface area contributed by atoms with Gasteiger partial charge in [-0.3, -0.25) is 4.79 Å². The molecule has 88 valence electrons. The number of carbonyl (C=O) groups is 1. The highest BCUT2D eigenvalue weighted by Gasteiger charge is 1.97. The van der Waals surface area contributed by atoms with E-state index in [1.807, 2.05) is 25.1 Å². The molecule has 0 heterocycles. The molecule has 0 spiro atoms. The lowest BCUT2D eigenvalue weighted by Crippen LogP contribution is -2.27. The normalized spacial score (nSPS) is 9.88. The Hall–Kier alpha value is -1.51. The molecule has 0 saturated carbocycles. The number of hydrogen-bond acceptors (Lipinski definition) is 2. The molecule has 16 heavy (non-hydrogen) atoms. The van der Waals surface area contributed by atoms with Gasteiger partial charge in [-0.25, -0.2) is 0 Å². The number of carbonyl (C=O) groups excluding carboxylic acids is 1. The summed E-state index contributed by atoms with van der Waals surface area (Å²) in [5.41, 5.74) is 1.26. The average Bonchev–Trinajstić information content (AvgIpc) is 2.34. The molecule has 0 radical (unpaired) electrons. The van der Waals surface area contributed by atoms with Crippen molar-refractivity contribution in [2.45, 2.75) is 26.7 Å². The van der Waals surface area contributed by atoms with Crippen LogP contribution in [0, 0.1) is 0 Å². The monoisotopic (exact) mass is 221 g/mol. The van der Waals surface area contributed by atoms with Crippen LogP contribution in [0.2, 0.25) is 0 Å². The highest BCUT2D eigenvalue weighted by atomic mass is 16.5. The minimum atomic E-state index is 0.0610. The first-order valence-corrected chi connectivity index (χ1v) is 5.74. The van der Waals surface area contributed by atoms with E-state index in [0.29, 0.717) is 19.6 Å². The van der Waals surface area contributed by atoms with Crippen LogP contribution in [-0.4, -0.2) is 19.1 Å². The van der Waals surface area contributed by atoms with Crippen LogP contribution in [0.3, 0.4) is 0 Å². The predicted molar refractivity (Wildman–Crippen MR) is 64.6 cm³/mol. The van der Waals surface area contributed by atoms with Crippen LogP contribution in [-0.2, 0) is 11.2 Å². The molecule has 3 nitrogen and oxygen atoms in total. The van der Waals surface area contributed by atoms with Crippen molar-refractivity contribution in [3.63, 3.8) is 0 Å². The number of rotatable bonds is 6. The SMILES string of the molecule is CCC(=O)NCCOc1cccc(CC)c1. The third-order valence-corrected chi connectivity index (χ3v) is 2.32. The molecule has 0 bridgehead atoms. The molecule has 0 atom stereocenters. The van der Waals surface area contributed by atoms with Crippen molar-refractivity contribution in [3.8, 4) is 5.75 Å². The minimum Gasteiger partial charge on any atom is -0.492 e. The maximum absolute atomic E-state index is 11.0. The van der Waals surface area contributed by atoms with E-state index < -0.39 is 0 Å². The molecule has 0 aliphatic heterocycles. The molecule has 1 aromatic carbocycles. The maximum Gasteiger partial charge on any atom is 0.219 e. The van der Waals surface area contributed by atoms with Crippen molar-refractivity contribution in [3.05, 3.63) is 29.8 Å². The minimum absolute atomic E-state index is 0.0610. The molecular formula is C13H19NO2. The van der Waals surface area contributed by atoms with E-state index in [2.05, 4.69) is 18.3 Å². The van der Waals surface area contributed by atoms with Crippen LogP contribution < -0.4 is 10.1 Å². The van der Waals surface area contributed by atoms with Gasteiger partial charge in [-0.1, -0.05) is 26.0 Å². The Bertz CT molecular complexity index is 336. The number of aryl methyl sites for hydroxylation is 1. The molecule has 0 saturated heterocycles. The summed E-state index contributed by atoms with van der Waals surface area (Å²) >= 11 is 0. The fourth-order valence-electron chi connectivity index (χ4n) is 1.34. The van der Waals surface area contributed by atoms with Gasteiger partial charge in [0.2, 0.25) is 5.91 Å². The van der Waals surface area contributed by atoms with Gasteiger partial charge in [0.1, 0.15) is 12.4 Å². The van der Waals surface area contributed by atoms with Crippen LogP contribution >= 0.6 is 0 Å². The Morgan fingerprint density at radius 1 is 1.38 bits per heavy atom. The summed E-state index contributed by atoms with van der Waals surface area (Å²) in [4.78, 5) is 11.0. The first kappa shape index (κ1) is 12.6. The Kier molecular flexibility index (Phi) is 5.40. The van der Waals surface area contributed by atoms with Gasteiger partial charge in [0, 0.05) is 6.42 Å². The lowest BCUT2D eigenvalue weighted by atomic mass is 10.2. The fourth-order valence-corrected chi connectivity index (χ4v) is 1.34. The van der Waals surface area contributed by atoms with Gasteiger partial charge in [-0.05, 0) is 24.1 Å². The van der Waals surface area contributed by atoms with Gasteiger partial charge in [0.25, 0.3) is 0 Å². The molecule has 0 aromatic heterocycles. The smallest absolute Gasteiger partial charge is 0.219 e. The summed E-state index contributed by atoms with van der Waals surface area (Å²) in [7, 11) is 0. The number of benzene rings is 1. The second kappa shape index (κ2) is 6.88. The fraction of sp³-hybridized carbons (Fsp3) is 0.462. The van der Waals surface area contributed by atoms with Gasteiger partial charge in [-0.2, -0.15) is 0 Å². The van der Waals surface area contributed by atoms with Crippen LogP contribution in [0.15, 0.2) is 24.3 Å². The Morgan fingerprint density at radius 2 is 2.19 bits per heavy atom. The zero-order valence-electron chi connectivity index (χ0n) is 9.95. The molecule has 3 heteroatoms. The number of ether oxygens (including phenoxy) is 1. The first-order valence-electron chi connectivity index (χ1n) is 5.74. The van der Waals surface area contributed by atoms with Gasteiger partial charge >= 0.3 is 0 Å². The van der Waals surface area contributed by atoms with Crippen molar-refractivity contribution in [2.24, 2.45) is 0 Å². The Balaban J connectivity index is 2.28. The predicted octanol–water partition coefficient (Wildman–Crippen LogP) is 2.15. The molecular weight excluding hydrogens is 202 g/mol. The summed E-state index contributed by atoms with van der Waals surface area (Å²) < 4.78 is 5.53. The number of hydrogen-bond donors (Lipinski definition) is 1. The summed E-state index contributed by atoms with van der Waals surface area (Å²) in [6, 6.07) is 8.02. The first-order chi connectivity index (χ1) is 7.76.